The molecule has 1 aromatic heterocycles. The van der Waals surface area contributed by atoms with Crippen LogP contribution in [0.25, 0.3) is 11.1 Å². The molecule has 4 nitrogen and oxygen atoms in total. The SMILES string of the molecule is NC(N)=NC(=O)c1cccc(-c2ccsc2Cl)c1. The Morgan fingerprint density at radius 1 is 1.28 bits per heavy atom. The van der Waals surface area contributed by atoms with E-state index in [-0.39, 0.29) is 5.96 Å². The van der Waals surface area contributed by atoms with Crippen LogP contribution in [0.5, 0.6) is 0 Å². The first kappa shape index (κ1) is 12.6. The molecule has 0 aliphatic rings. The highest BCUT2D eigenvalue weighted by molar-refractivity contribution is 7.15. The molecule has 0 saturated carbocycles. The molecular formula is C12H10ClN3OS. The van der Waals surface area contributed by atoms with Gasteiger partial charge in [0.05, 0.1) is 0 Å². The number of nitrogens with two attached hydrogens (primary N) is 2. The van der Waals surface area contributed by atoms with Crippen LogP contribution in [-0.4, -0.2) is 11.9 Å². The second-order valence-electron chi connectivity index (χ2n) is 3.53. The number of amides is 1. The molecule has 0 unspecified atom stereocenters. The molecule has 0 aliphatic heterocycles. The zero-order chi connectivity index (χ0) is 13.1. The average molecular weight is 280 g/mol. The van der Waals surface area contributed by atoms with Gasteiger partial charge in [-0.25, -0.2) is 0 Å². The molecule has 0 saturated heterocycles. The summed E-state index contributed by atoms with van der Waals surface area (Å²) in [4.78, 5) is 15.2. The number of hydrogen-bond donors (Lipinski definition) is 2. The largest absolute Gasteiger partial charge is 0.370 e. The van der Waals surface area contributed by atoms with Crippen molar-refractivity contribution in [2.24, 2.45) is 16.5 Å². The van der Waals surface area contributed by atoms with E-state index in [1.54, 1.807) is 18.2 Å². The lowest BCUT2D eigenvalue weighted by Gasteiger charge is -2.02. The normalized spacial score (nSPS) is 10.1. The Labute approximate surface area is 113 Å². The lowest BCUT2D eigenvalue weighted by molar-refractivity contribution is 0.100. The van der Waals surface area contributed by atoms with Gasteiger partial charge in [-0.15, -0.1) is 11.3 Å². The number of thiophene rings is 1. The highest BCUT2D eigenvalue weighted by Gasteiger charge is 2.09. The number of aliphatic imine (C=N–C) groups is 1. The Kier molecular flexibility index (Phi) is 3.64. The number of halogens is 1. The number of benzene rings is 1. The number of guanidine groups is 1. The molecule has 0 atom stereocenters. The molecule has 6 heteroatoms. The van der Waals surface area contributed by atoms with E-state index in [0.29, 0.717) is 9.90 Å². The predicted octanol–water partition coefficient (Wildman–Crippen LogP) is 2.48. The summed E-state index contributed by atoms with van der Waals surface area (Å²) in [7, 11) is 0. The summed E-state index contributed by atoms with van der Waals surface area (Å²) in [5.41, 5.74) is 12.5. The first-order valence-corrected chi connectivity index (χ1v) is 6.31. The van der Waals surface area contributed by atoms with Gasteiger partial charge in [0, 0.05) is 11.1 Å². The van der Waals surface area contributed by atoms with E-state index in [4.69, 9.17) is 23.1 Å². The van der Waals surface area contributed by atoms with Crippen LogP contribution in [0.15, 0.2) is 40.7 Å². The Morgan fingerprint density at radius 3 is 2.67 bits per heavy atom. The average Bonchev–Trinajstić information content (AvgIpc) is 2.75. The van der Waals surface area contributed by atoms with Crippen LogP contribution in [0.4, 0.5) is 0 Å². The first-order chi connectivity index (χ1) is 8.58. The van der Waals surface area contributed by atoms with Crippen molar-refractivity contribution in [3.8, 4) is 11.1 Å². The van der Waals surface area contributed by atoms with Crippen molar-refractivity contribution in [3.63, 3.8) is 0 Å². The minimum atomic E-state index is -0.469. The highest BCUT2D eigenvalue weighted by Crippen LogP contribution is 2.32. The molecule has 0 radical (unpaired) electrons. The predicted molar refractivity (Wildman–Crippen MR) is 74.9 cm³/mol. The Hall–Kier alpha value is -1.85. The smallest absolute Gasteiger partial charge is 0.280 e. The van der Waals surface area contributed by atoms with Crippen molar-refractivity contribution < 1.29 is 4.79 Å². The number of carbonyl (C=O) groups is 1. The zero-order valence-corrected chi connectivity index (χ0v) is 10.8. The van der Waals surface area contributed by atoms with Gasteiger partial charge in [-0.05, 0) is 29.1 Å². The van der Waals surface area contributed by atoms with Gasteiger partial charge in [0.1, 0.15) is 4.34 Å². The molecule has 4 N–H and O–H groups in total. The van der Waals surface area contributed by atoms with Crippen molar-refractivity contribution in [2.75, 3.05) is 0 Å². The topological polar surface area (TPSA) is 81.5 Å². The molecule has 2 aromatic rings. The van der Waals surface area contributed by atoms with Crippen LogP contribution in [0.1, 0.15) is 10.4 Å². The molecule has 2 rings (SSSR count). The summed E-state index contributed by atoms with van der Waals surface area (Å²) in [6.45, 7) is 0. The summed E-state index contributed by atoms with van der Waals surface area (Å²) >= 11 is 7.49. The van der Waals surface area contributed by atoms with Crippen molar-refractivity contribution in [1.82, 2.24) is 0 Å². The second-order valence-corrected chi connectivity index (χ2v) is 5.05. The van der Waals surface area contributed by atoms with E-state index in [9.17, 15) is 4.79 Å². The lowest BCUT2D eigenvalue weighted by Crippen LogP contribution is -2.24. The fourth-order valence-electron chi connectivity index (χ4n) is 1.50. The Bertz CT molecular complexity index is 617. The fourth-order valence-corrected chi connectivity index (χ4v) is 2.46. The van der Waals surface area contributed by atoms with Crippen LogP contribution in [-0.2, 0) is 0 Å². The maximum atomic E-state index is 11.7. The second kappa shape index (κ2) is 5.20. The molecule has 18 heavy (non-hydrogen) atoms. The van der Waals surface area contributed by atoms with E-state index in [2.05, 4.69) is 4.99 Å². The van der Waals surface area contributed by atoms with Gasteiger partial charge < -0.3 is 11.5 Å². The quantitative estimate of drug-likeness (QED) is 0.654. The standard InChI is InChI=1S/C12H10ClN3OS/c13-10-9(4-5-18-10)7-2-1-3-8(6-7)11(17)16-12(14)15/h1-6H,(H4,14,15,16,17). The van der Waals surface area contributed by atoms with Gasteiger partial charge in [-0.1, -0.05) is 23.7 Å². The van der Waals surface area contributed by atoms with Gasteiger partial charge in [0.15, 0.2) is 5.96 Å². The summed E-state index contributed by atoms with van der Waals surface area (Å²) in [6, 6.07) is 8.90. The summed E-state index contributed by atoms with van der Waals surface area (Å²) in [5, 5.41) is 1.89. The van der Waals surface area contributed by atoms with Crippen LogP contribution < -0.4 is 11.5 Å². The first-order valence-electron chi connectivity index (χ1n) is 5.05. The lowest BCUT2D eigenvalue weighted by atomic mass is 10.1. The van der Waals surface area contributed by atoms with Gasteiger partial charge in [-0.2, -0.15) is 4.99 Å². The summed E-state index contributed by atoms with van der Waals surface area (Å²) in [6.07, 6.45) is 0. The van der Waals surface area contributed by atoms with E-state index >= 15 is 0 Å². The molecule has 0 bridgehead atoms. The van der Waals surface area contributed by atoms with Crippen molar-refractivity contribution in [1.29, 1.82) is 0 Å². The van der Waals surface area contributed by atoms with Crippen LogP contribution in [0.2, 0.25) is 4.34 Å². The Morgan fingerprint density at radius 2 is 2.06 bits per heavy atom. The van der Waals surface area contributed by atoms with Gasteiger partial charge in [0.2, 0.25) is 0 Å². The minimum Gasteiger partial charge on any atom is -0.370 e. The van der Waals surface area contributed by atoms with E-state index in [1.165, 1.54) is 11.3 Å². The van der Waals surface area contributed by atoms with E-state index in [1.807, 2.05) is 17.5 Å². The summed E-state index contributed by atoms with van der Waals surface area (Å²) < 4.78 is 0.682. The van der Waals surface area contributed by atoms with Crippen molar-refractivity contribution >= 4 is 34.8 Å². The van der Waals surface area contributed by atoms with Gasteiger partial charge in [-0.3, -0.25) is 4.79 Å². The molecule has 1 aromatic carbocycles. The van der Waals surface area contributed by atoms with Gasteiger partial charge in [0.25, 0.3) is 5.91 Å². The molecule has 0 aliphatic carbocycles. The highest BCUT2D eigenvalue weighted by atomic mass is 35.5. The molecule has 1 amide bonds. The molecule has 1 heterocycles. The summed E-state index contributed by atoms with van der Waals surface area (Å²) in [5.74, 6) is -0.720. The third-order valence-electron chi connectivity index (χ3n) is 2.27. The monoisotopic (exact) mass is 279 g/mol. The fraction of sp³-hybridized carbons (Fsp3) is 0. The molecule has 92 valence electrons. The van der Waals surface area contributed by atoms with Crippen LogP contribution in [0, 0.1) is 0 Å². The maximum Gasteiger partial charge on any atom is 0.280 e. The van der Waals surface area contributed by atoms with Gasteiger partial charge >= 0.3 is 0 Å². The van der Waals surface area contributed by atoms with Crippen molar-refractivity contribution in [2.45, 2.75) is 0 Å². The zero-order valence-electron chi connectivity index (χ0n) is 9.26. The van der Waals surface area contributed by atoms with Crippen molar-refractivity contribution in [3.05, 3.63) is 45.6 Å². The molecular weight excluding hydrogens is 270 g/mol. The van der Waals surface area contributed by atoms with Crippen LogP contribution >= 0.6 is 22.9 Å². The van der Waals surface area contributed by atoms with E-state index in [0.717, 1.165) is 11.1 Å². The third-order valence-corrected chi connectivity index (χ3v) is 3.44. The van der Waals surface area contributed by atoms with Crippen LogP contribution in [0.3, 0.4) is 0 Å². The maximum absolute atomic E-state index is 11.7. The number of nitrogens with zero attached hydrogens (tertiary/aromatic N) is 1. The number of hydrogen-bond acceptors (Lipinski definition) is 2. The molecule has 0 spiro atoms. The Balaban J connectivity index is 2.40. The number of rotatable bonds is 2. The third kappa shape index (κ3) is 2.69. The molecule has 0 fully saturated rings. The van der Waals surface area contributed by atoms with E-state index < -0.39 is 5.91 Å². The number of carbonyl (C=O) groups excluding carboxylic acids is 1. The minimum absolute atomic E-state index is 0.251.